The summed E-state index contributed by atoms with van der Waals surface area (Å²) >= 11 is 0. The van der Waals surface area contributed by atoms with Gasteiger partial charge in [0.2, 0.25) is 5.91 Å². The lowest BCUT2D eigenvalue weighted by molar-refractivity contribution is -0.133. The molecule has 5 rings (SSSR count). The number of benzene rings is 1. The van der Waals surface area contributed by atoms with E-state index in [-0.39, 0.29) is 12.5 Å². The molecule has 8 heteroatoms. The minimum atomic E-state index is 0.0783. The topological polar surface area (TPSA) is 92.6 Å². The van der Waals surface area contributed by atoms with Gasteiger partial charge >= 0.3 is 0 Å². The molecule has 35 heavy (non-hydrogen) atoms. The normalized spacial score (nSPS) is 14.9. The lowest BCUT2D eigenvalue weighted by Gasteiger charge is -2.32. The highest BCUT2D eigenvalue weighted by Gasteiger charge is 2.25. The maximum absolute atomic E-state index is 12.7. The summed E-state index contributed by atoms with van der Waals surface area (Å²) in [5.74, 6) is 1.57. The highest BCUT2D eigenvalue weighted by Crippen LogP contribution is 2.38. The van der Waals surface area contributed by atoms with Crippen LogP contribution in [0.3, 0.4) is 0 Å². The number of likely N-dealkylation sites (tertiary alicyclic amines) is 1. The molecular formula is C27H33N7O. The Morgan fingerprint density at radius 3 is 2.43 bits per heavy atom. The molecule has 1 saturated heterocycles. The third-order valence-electron chi connectivity index (χ3n) is 7.13. The molecule has 0 unspecified atom stereocenters. The summed E-state index contributed by atoms with van der Waals surface area (Å²) in [4.78, 5) is 22.9. The van der Waals surface area contributed by atoms with Crippen LogP contribution in [-0.4, -0.2) is 54.1 Å². The molecule has 3 aromatic heterocycles. The average molecular weight is 472 g/mol. The molecule has 1 amide bonds. The fourth-order valence-corrected chi connectivity index (χ4v) is 5.38. The monoisotopic (exact) mass is 471 g/mol. The number of nitrogens with zero attached hydrogens (tertiary/aromatic N) is 6. The van der Waals surface area contributed by atoms with E-state index in [9.17, 15) is 4.79 Å². The molecular weight excluding hydrogens is 438 g/mol. The molecule has 4 aromatic rings. The molecule has 1 fully saturated rings. The molecule has 8 nitrogen and oxygen atoms in total. The van der Waals surface area contributed by atoms with E-state index in [1.165, 1.54) is 33.3 Å². The van der Waals surface area contributed by atoms with Crippen LogP contribution in [0.15, 0.2) is 30.3 Å². The number of fused-ring (bicyclic) bond motifs is 1. The molecule has 4 heterocycles. The van der Waals surface area contributed by atoms with Crippen LogP contribution in [0, 0.1) is 20.8 Å². The van der Waals surface area contributed by atoms with Gasteiger partial charge in [0.15, 0.2) is 0 Å². The SMILES string of the molecule is Cc1cc(-c2[nH]c3ccc(C4CCN(C(=O)Cn5nnnc5C)CC4)cc3c2C(C)C)cc(C)n1. The molecule has 182 valence electrons. The number of amides is 1. The van der Waals surface area contributed by atoms with Gasteiger partial charge in [-0.05, 0) is 91.3 Å². The van der Waals surface area contributed by atoms with Gasteiger partial charge in [-0.2, -0.15) is 0 Å². The molecule has 0 saturated carbocycles. The van der Waals surface area contributed by atoms with Crippen molar-refractivity contribution in [3.05, 3.63) is 58.7 Å². The zero-order valence-corrected chi connectivity index (χ0v) is 21.2. The lowest BCUT2D eigenvalue weighted by atomic mass is 9.87. The van der Waals surface area contributed by atoms with Crippen LogP contribution in [0.1, 0.15) is 66.9 Å². The maximum Gasteiger partial charge on any atom is 0.244 e. The van der Waals surface area contributed by atoms with Crippen molar-refractivity contribution in [2.75, 3.05) is 13.1 Å². The van der Waals surface area contributed by atoms with E-state index in [4.69, 9.17) is 0 Å². The molecule has 0 spiro atoms. The highest BCUT2D eigenvalue weighted by molar-refractivity contribution is 5.92. The van der Waals surface area contributed by atoms with Gasteiger partial charge in [0, 0.05) is 40.9 Å². The van der Waals surface area contributed by atoms with E-state index in [1.54, 1.807) is 4.68 Å². The highest BCUT2D eigenvalue weighted by atomic mass is 16.2. The number of hydrogen-bond acceptors (Lipinski definition) is 5. The summed E-state index contributed by atoms with van der Waals surface area (Å²) in [6, 6.07) is 11.2. The van der Waals surface area contributed by atoms with Crippen molar-refractivity contribution in [3.63, 3.8) is 0 Å². The zero-order chi connectivity index (χ0) is 24.7. The van der Waals surface area contributed by atoms with Gasteiger partial charge in [-0.25, -0.2) is 4.68 Å². The summed E-state index contributed by atoms with van der Waals surface area (Å²) in [7, 11) is 0. The number of aromatic nitrogens is 6. The van der Waals surface area contributed by atoms with E-state index in [0.717, 1.165) is 37.3 Å². The Bertz CT molecular complexity index is 1360. The first-order valence-corrected chi connectivity index (χ1v) is 12.4. The molecule has 1 N–H and O–H groups in total. The molecule has 1 aliphatic heterocycles. The third-order valence-corrected chi connectivity index (χ3v) is 7.13. The number of tetrazole rings is 1. The molecule has 0 atom stereocenters. The quantitative estimate of drug-likeness (QED) is 0.457. The van der Waals surface area contributed by atoms with Crippen molar-refractivity contribution in [1.29, 1.82) is 0 Å². The Hall–Kier alpha value is -3.55. The van der Waals surface area contributed by atoms with E-state index in [1.807, 2.05) is 25.7 Å². The van der Waals surface area contributed by atoms with Gasteiger partial charge in [-0.1, -0.05) is 19.9 Å². The molecule has 0 bridgehead atoms. The van der Waals surface area contributed by atoms with Crippen LogP contribution in [0.4, 0.5) is 0 Å². The summed E-state index contributed by atoms with van der Waals surface area (Å²) < 4.78 is 1.56. The Labute approximate surface area is 205 Å². The number of hydrogen-bond donors (Lipinski definition) is 1. The van der Waals surface area contributed by atoms with Crippen molar-refractivity contribution in [2.45, 2.75) is 65.8 Å². The Balaban J connectivity index is 1.37. The van der Waals surface area contributed by atoms with Crippen LogP contribution >= 0.6 is 0 Å². The molecule has 1 aliphatic rings. The van der Waals surface area contributed by atoms with Crippen molar-refractivity contribution >= 4 is 16.8 Å². The zero-order valence-electron chi connectivity index (χ0n) is 21.2. The number of carbonyl (C=O) groups is 1. The van der Waals surface area contributed by atoms with Crippen LogP contribution in [-0.2, 0) is 11.3 Å². The first kappa shape index (κ1) is 23.2. The Morgan fingerprint density at radius 1 is 1.09 bits per heavy atom. The predicted molar refractivity (Wildman–Crippen MR) is 136 cm³/mol. The predicted octanol–water partition coefficient (Wildman–Crippen LogP) is 4.67. The number of pyridine rings is 1. The smallest absolute Gasteiger partial charge is 0.244 e. The second-order valence-corrected chi connectivity index (χ2v) is 10.1. The fourth-order valence-electron chi connectivity index (χ4n) is 5.38. The maximum atomic E-state index is 12.7. The lowest BCUT2D eigenvalue weighted by Crippen LogP contribution is -2.40. The molecule has 1 aromatic carbocycles. The Kier molecular flexibility index (Phi) is 6.13. The number of piperidine rings is 1. The van der Waals surface area contributed by atoms with Gasteiger partial charge in [0.1, 0.15) is 12.4 Å². The fraction of sp³-hybridized carbons (Fsp3) is 0.444. The number of aromatic amines is 1. The summed E-state index contributed by atoms with van der Waals surface area (Å²) in [6.45, 7) is 12.1. The second-order valence-electron chi connectivity index (χ2n) is 10.1. The van der Waals surface area contributed by atoms with Crippen molar-refractivity contribution in [3.8, 4) is 11.3 Å². The van der Waals surface area contributed by atoms with Crippen molar-refractivity contribution in [2.24, 2.45) is 0 Å². The van der Waals surface area contributed by atoms with Gasteiger partial charge in [0.25, 0.3) is 0 Å². The summed E-state index contributed by atoms with van der Waals surface area (Å²) in [5.41, 5.74) is 8.34. The van der Waals surface area contributed by atoms with Crippen LogP contribution in [0.5, 0.6) is 0 Å². The van der Waals surface area contributed by atoms with Crippen LogP contribution in [0.25, 0.3) is 22.2 Å². The second kappa shape index (κ2) is 9.24. The van der Waals surface area contributed by atoms with E-state index < -0.39 is 0 Å². The molecule has 0 aliphatic carbocycles. The number of rotatable bonds is 5. The molecule has 0 radical (unpaired) electrons. The van der Waals surface area contributed by atoms with Crippen molar-refractivity contribution in [1.82, 2.24) is 35.1 Å². The number of carbonyl (C=O) groups excluding carboxylic acids is 1. The summed E-state index contributed by atoms with van der Waals surface area (Å²) in [6.07, 6.45) is 1.92. The van der Waals surface area contributed by atoms with Gasteiger partial charge in [-0.3, -0.25) is 9.78 Å². The number of nitrogens with one attached hydrogen (secondary N) is 1. The van der Waals surface area contributed by atoms with Gasteiger partial charge in [0.05, 0.1) is 5.69 Å². The van der Waals surface area contributed by atoms with Crippen LogP contribution in [0.2, 0.25) is 0 Å². The van der Waals surface area contributed by atoms with Crippen LogP contribution < -0.4 is 0 Å². The first-order valence-electron chi connectivity index (χ1n) is 12.4. The van der Waals surface area contributed by atoms with E-state index in [0.29, 0.717) is 17.7 Å². The summed E-state index contributed by atoms with van der Waals surface area (Å²) in [5, 5.41) is 12.7. The number of H-pyrrole nitrogens is 1. The van der Waals surface area contributed by atoms with E-state index >= 15 is 0 Å². The number of aryl methyl sites for hydroxylation is 3. The van der Waals surface area contributed by atoms with Gasteiger partial charge < -0.3 is 9.88 Å². The minimum absolute atomic E-state index is 0.0783. The third kappa shape index (κ3) is 4.57. The van der Waals surface area contributed by atoms with E-state index in [2.05, 4.69) is 69.7 Å². The minimum Gasteiger partial charge on any atom is -0.354 e. The average Bonchev–Trinajstić information content (AvgIpc) is 3.41. The Morgan fingerprint density at radius 2 is 1.80 bits per heavy atom. The van der Waals surface area contributed by atoms with Crippen molar-refractivity contribution < 1.29 is 4.79 Å². The van der Waals surface area contributed by atoms with Gasteiger partial charge in [-0.15, -0.1) is 5.10 Å². The standard InChI is InChI=1S/C27H33N7O/c1-16(2)26-23-14-21(6-7-24(23)29-27(26)22-12-17(3)28-18(4)13-22)20-8-10-33(11-9-20)25(35)15-34-19(5)30-31-32-34/h6-7,12-14,16,20,29H,8-11,15H2,1-5H3. The largest absolute Gasteiger partial charge is 0.354 e. The first-order chi connectivity index (χ1) is 16.8.